The first-order valence-electron chi connectivity index (χ1n) is 4.90. The van der Waals surface area contributed by atoms with Gasteiger partial charge in [0.25, 0.3) is 0 Å². The van der Waals surface area contributed by atoms with Gasteiger partial charge >= 0.3 is 12.1 Å². The van der Waals surface area contributed by atoms with E-state index in [1.165, 1.54) is 4.72 Å². The predicted octanol–water partition coefficient (Wildman–Crippen LogP) is 1.33. The van der Waals surface area contributed by atoms with Crippen LogP contribution in [-0.2, 0) is 10.0 Å². The van der Waals surface area contributed by atoms with Crippen LogP contribution in [0.4, 0.5) is 13.2 Å². The first-order valence-corrected chi connectivity index (χ1v) is 6.38. The molecule has 0 bridgehead atoms. The number of carboxylic acids is 1. The zero-order valence-corrected chi connectivity index (χ0v) is 10.7. The average Bonchev–Trinajstić information content (AvgIpc) is 2.62. The summed E-state index contributed by atoms with van der Waals surface area (Å²) in [6.45, 7) is 1.27. The molecule has 10 heteroatoms. The zero-order chi connectivity index (χ0) is 15.1. The fourth-order valence-electron chi connectivity index (χ4n) is 1.19. The number of carboxylic acid groups (broad SMARTS) is 1. The standard InChI is InChI=1S/C9H11F3N2O4S/c1-8(2,9(10,11)12)14-19(17,18)5-3-4-13-6(5)7(15)16/h3-4,13-14H,1-2H3,(H,15,16). The molecule has 0 spiro atoms. The fraction of sp³-hybridized carbons (Fsp3) is 0.444. The summed E-state index contributed by atoms with van der Waals surface area (Å²) in [5.41, 5.74) is -3.43. The van der Waals surface area contributed by atoms with Crippen molar-refractivity contribution in [1.29, 1.82) is 0 Å². The Kier molecular flexibility index (Phi) is 3.70. The van der Waals surface area contributed by atoms with Gasteiger partial charge in [-0.2, -0.15) is 17.9 Å². The SMILES string of the molecule is CC(C)(NS(=O)(=O)c1cc[nH]c1C(=O)O)C(F)(F)F. The van der Waals surface area contributed by atoms with Crippen molar-refractivity contribution in [2.75, 3.05) is 0 Å². The molecule has 0 saturated heterocycles. The summed E-state index contributed by atoms with van der Waals surface area (Å²) in [4.78, 5) is 12.1. The van der Waals surface area contributed by atoms with Gasteiger partial charge in [-0.3, -0.25) is 0 Å². The molecule has 1 aromatic heterocycles. The number of H-pyrrole nitrogens is 1. The number of hydrogen-bond acceptors (Lipinski definition) is 3. The van der Waals surface area contributed by atoms with Crippen LogP contribution in [0.2, 0.25) is 0 Å². The second kappa shape index (κ2) is 4.53. The Bertz CT molecular complexity index is 589. The minimum atomic E-state index is -4.82. The molecule has 0 saturated carbocycles. The first-order chi connectivity index (χ1) is 8.38. The lowest BCUT2D eigenvalue weighted by Gasteiger charge is -2.28. The van der Waals surface area contributed by atoms with Crippen LogP contribution in [0.25, 0.3) is 0 Å². The number of carbonyl (C=O) groups is 1. The molecule has 1 rings (SSSR count). The molecular weight excluding hydrogens is 289 g/mol. The third kappa shape index (κ3) is 3.07. The molecule has 0 amide bonds. The van der Waals surface area contributed by atoms with E-state index in [0.29, 0.717) is 13.8 Å². The van der Waals surface area contributed by atoms with Gasteiger partial charge in [-0.1, -0.05) is 0 Å². The van der Waals surface area contributed by atoms with Crippen LogP contribution in [0.1, 0.15) is 24.3 Å². The highest BCUT2D eigenvalue weighted by Crippen LogP contribution is 2.31. The Morgan fingerprint density at radius 1 is 1.37 bits per heavy atom. The van der Waals surface area contributed by atoms with E-state index in [0.717, 1.165) is 12.3 Å². The molecule has 0 unspecified atom stereocenters. The molecule has 6 nitrogen and oxygen atoms in total. The molecule has 0 atom stereocenters. The van der Waals surface area contributed by atoms with Crippen molar-refractivity contribution in [3.05, 3.63) is 18.0 Å². The number of sulfonamides is 1. The topological polar surface area (TPSA) is 99.3 Å². The number of rotatable bonds is 4. The smallest absolute Gasteiger partial charge is 0.407 e. The van der Waals surface area contributed by atoms with Crippen molar-refractivity contribution in [2.24, 2.45) is 0 Å². The summed E-state index contributed by atoms with van der Waals surface area (Å²) in [6, 6.07) is 0.873. The van der Waals surface area contributed by atoms with Crippen molar-refractivity contribution < 1.29 is 31.5 Å². The largest absolute Gasteiger partial charge is 0.477 e. The van der Waals surface area contributed by atoms with Gasteiger partial charge in [0.05, 0.1) is 0 Å². The lowest BCUT2D eigenvalue weighted by atomic mass is 10.1. The van der Waals surface area contributed by atoms with Crippen LogP contribution in [0, 0.1) is 0 Å². The summed E-state index contributed by atoms with van der Waals surface area (Å²) < 4.78 is 62.8. The Labute approximate surface area is 106 Å². The molecule has 0 aliphatic carbocycles. The molecule has 0 fully saturated rings. The van der Waals surface area contributed by atoms with E-state index < -0.39 is 38.3 Å². The lowest BCUT2D eigenvalue weighted by Crippen LogP contribution is -2.54. The highest BCUT2D eigenvalue weighted by atomic mass is 32.2. The third-order valence-corrected chi connectivity index (χ3v) is 4.01. The van der Waals surface area contributed by atoms with Crippen LogP contribution in [0.5, 0.6) is 0 Å². The molecule has 3 N–H and O–H groups in total. The van der Waals surface area contributed by atoms with E-state index in [9.17, 15) is 26.4 Å². The zero-order valence-electron chi connectivity index (χ0n) is 9.87. The normalized spacial score (nSPS) is 13.5. The van der Waals surface area contributed by atoms with Crippen molar-refractivity contribution in [3.8, 4) is 0 Å². The van der Waals surface area contributed by atoms with Crippen LogP contribution in [0.15, 0.2) is 17.2 Å². The summed E-state index contributed by atoms with van der Waals surface area (Å²) in [6.07, 6.45) is -3.81. The Morgan fingerprint density at radius 3 is 2.32 bits per heavy atom. The van der Waals surface area contributed by atoms with Crippen molar-refractivity contribution in [1.82, 2.24) is 9.71 Å². The Hall–Kier alpha value is -1.55. The van der Waals surface area contributed by atoms with E-state index >= 15 is 0 Å². The monoisotopic (exact) mass is 300 g/mol. The molecular formula is C9H11F3N2O4S. The number of aromatic carboxylic acids is 1. The lowest BCUT2D eigenvalue weighted by molar-refractivity contribution is -0.180. The molecule has 0 radical (unpaired) electrons. The van der Waals surface area contributed by atoms with E-state index in [1.807, 2.05) is 0 Å². The summed E-state index contributed by atoms with van der Waals surface area (Å²) in [5, 5.41) is 8.73. The molecule has 0 aliphatic rings. The quantitative estimate of drug-likeness (QED) is 0.781. The third-order valence-electron chi connectivity index (χ3n) is 2.31. The van der Waals surface area contributed by atoms with Crippen LogP contribution >= 0.6 is 0 Å². The molecule has 108 valence electrons. The molecule has 0 aromatic carbocycles. The van der Waals surface area contributed by atoms with Crippen molar-refractivity contribution >= 4 is 16.0 Å². The van der Waals surface area contributed by atoms with Gasteiger partial charge in [-0.25, -0.2) is 13.2 Å². The minimum absolute atomic E-state index is 0.637. The Balaban J connectivity index is 3.20. The van der Waals surface area contributed by atoms with Gasteiger partial charge in [-0.05, 0) is 19.9 Å². The molecule has 1 heterocycles. The number of aromatic amines is 1. The van der Waals surface area contributed by atoms with Gasteiger partial charge in [0.2, 0.25) is 10.0 Å². The summed E-state index contributed by atoms with van der Waals surface area (Å²) in [5.74, 6) is -1.59. The maximum atomic E-state index is 12.6. The van der Waals surface area contributed by atoms with E-state index in [1.54, 1.807) is 0 Å². The Morgan fingerprint density at radius 2 is 1.89 bits per heavy atom. The fourth-order valence-corrected chi connectivity index (χ4v) is 2.75. The van der Waals surface area contributed by atoms with Crippen molar-refractivity contribution in [2.45, 2.75) is 30.5 Å². The molecule has 1 aromatic rings. The first kappa shape index (κ1) is 15.5. The van der Waals surface area contributed by atoms with E-state index in [2.05, 4.69) is 4.98 Å². The highest BCUT2D eigenvalue weighted by molar-refractivity contribution is 7.89. The highest BCUT2D eigenvalue weighted by Gasteiger charge is 2.50. The number of nitrogens with one attached hydrogen (secondary N) is 2. The minimum Gasteiger partial charge on any atom is -0.477 e. The van der Waals surface area contributed by atoms with Gasteiger partial charge in [-0.15, -0.1) is 0 Å². The predicted molar refractivity (Wildman–Crippen MR) is 58.2 cm³/mol. The van der Waals surface area contributed by atoms with E-state index in [4.69, 9.17) is 5.11 Å². The van der Waals surface area contributed by atoms with Gasteiger partial charge in [0.1, 0.15) is 16.1 Å². The van der Waals surface area contributed by atoms with Crippen LogP contribution in [0.3, 0.4) is 0 Å². The number of hydrogen-bond donors (Lipinski definition) is 3. The maximum Gasteiger partial charge on any atom is 0.407 e. The summed E-state index contributed by atoms with van der Waals surface area (Å²) >= 11 is 0. The van der Waals surface area contributed by atoms with Crippen LogP contribution < -0.4 is 4.72 Å². The van der Waals surface area contributed by atoms with Gasteiger partial charge in [0.15, 0.2) is 0 Å². The molecule has 0 aliphatic heterocycles. The van der Waals surface area contributed by atoms with Crippen LogP contribution in [-0.4, -0.2) is 36.2 Å². The average molecular weight is 300 g/mol. The summed E-state index contributed by atoms with van der Waals surface area (Å²) in [7, 11) is -4.62. The maximum absolute atomic E-state index is 12.6. The van der Waals surface area contributed by atoms with Gasteiger partial charge < -0.3 is 10.1 Å². The second-order valence-corrected chi connectivity index (χ2v) is 5.90. The van der Waals surface area contributed by atoms with Gasteiger partial charge in [0, 0.05) is 6.20 Å². The van der Waals surface area contributed by atoms with Crippen molar-refractivity contribution in [3.63, 3.8) is 0 Å². The number of alkyl halides is 3. The number of aromatic nitrogens is 1. The number of halogens is 3. The van der Waals surface area contributed by atoms with E-state index in [-0.39, 0.29) is 0 Å². The molecule has 19 heavy (non-hydrogen) atoms. The second-order valence-electron chi connectivity index (χ2n) is 4.25.